The van der Waals surface area contributed by atoms with E-state index in [1.54, 1.807) is 0 Å². The number of nitrogens with one attached hydrogen (secondary N) is 1. The number of amides is 1. The summed E-state index contributed by atoms with van der Waals surface area (Å²) in [5.74, 6) is 0.888. The van der Waals surface area contributed by atoms with Crippen LogP contribution in [0.4, 0.5) is 0 Å². The monoisotopic (exact) mass is 410 g/mol. The van der Waals surface area contributed by atoms with E-state index in [0.717, 1.165) is 57.0 Å². The van der Waals surface area contributed by atoms with Crippen LogP contribution in [-0.4, -0.2) is 49.3 Å². The Kier molecular flexibility index (Phi) is 8.29. The molecule has 1 amide bonds. The van der Waals surface area contributed by atoms with E-state index in [0.29, 0.717) is 0 Å². The first kappa shape index (κ1) is 22.3. The Bertz CT molecular complexity index is 798. The van der Waals surface area contributed by atoms with Gasteiger partial charge < -0.3 is 14.8 Å². The maximum Gasteiger partial charge on any atom is 0.251 e. The maximum absolute atomic E-state index is 12.7. The van der Waals surface area contributed by atoms with Crippen LogP contribution < -0.4 is 10.1 Å². The predicted molar refractivity (Wildman–Crippen MR) is 120 cm³/mol. The molecule has 0 saturated carbocycles. The largest absolute Gasteiger partial charge is 0.491 e. The van der Waals surface area contributed by atoms with Crippen molar-refractivity contribution in [2.75, 3.05) is 26.3 Å². The highest BCUT2D eigenvalue weighted by Crippen LogP contribution is 2.16. The van der Waals surface area contributed by atoms with Gasteiger partial charge in [-0.2, -0.15) is 0 Å². The fourth-order valence-electron chi connectivity index (χ4n) is 3.60. The Morgan fingerprint density at radius 3 is 2.50 bits per heavy atom. The Balaban J connectivity index is 1.47. The zero-order valence-corrected chi connectivity index (χ0v) is 18.4. The van der Waals surface area contributed by atoms with Crippen molar-refractivity contribution in [1.82, 2.24) is 10.2 Å². The average molecular weight is 411 g/mol. The molecule has 2 aromatic rings. The van der Waals surface area contributed by atoms with Crippen LogP contribution in [0.2, 0.25) is 0 Å². The van der Waals surface area contributed by atoms with E-state index < -0.39 is 0 Å². The first-order valence-electron chi connectivity index (χ1n) is 10.9. The van der Waals surface area contributed by atoms with Crippen molar-refractivity contribution in [3.05, 3.63) is 65.2 Å². The van der Waals surface area contributed by atoms with Crippen molar-refractivity contribution < 1.29 is 14.3 Å². The third kappa shape index (κ3) is 7.15. The molecule has 162 valence electrons. The van der Waals surface area contributed by atoms with E-state index in [-0.39, 0.29) is 18.1 Å². The topological polar surface area (TPSA) is 50.8 Å². The summed E-state index contributed by atoms with van der Waals surface area (Å²) in [6.07, 6.45) is 1.99. The molecule has 1 aliphatic heterocycles. The van der Waals surface area contributed by atoms with Crippen LogP contribution in [0.1, 0.15) is 48.7 Å². The van der Waals surface area contributed by atoms with Gasteiger partial charge in [0.05, 0.1) is 19.3 Å². The van der Waals surface area contributed by atoms with Crippen molar-refractivity contribution in [3.63, 3.8) is 0 Å². The maximum atomic E-state index is 12.7. The number of nitrogens with zero attached hydrogens (tertiary/aromatic N) is 1. The van der Waals surface area contributed by atoms with Gasteiger partial charge in [0.2, 0.25) is 0 Å². The third-order valence-corrected chi connectivity index (χ3v) is 5.24. The summed E-state index contributed by atoms with van der Waals surface area (Å²) < 4.78 is 11.1. The van der Waals surface area contributed by atoms with Crippen LogP contribution in [0.25, 0.3) is 0 Å². The van der Waals surface area contributed by atoms with E-state index in [2.05, 4.69) is 35.3 Å². The van der Waals surface area contributed by atoms with Crippen LogP contribution >= 0.6 is 0 Å². The number of hydrogen-bond donors (Lipinski definition) is 1. The molecule has 5 heteroatoms. The van der Waals surface area contributed by atoms with E-state index in [1.165, 1.54) is 11.1 Å². The van der Waals surface area contributed by atoms with Gasteiger partial charge in [-0.25, -0.2) is 0 Å². The summed E-state index contributed by atoms with van der Waals surface area (Å²) in [5.41, 5.74) is 3.14. The van der Waals surface area contributed by atoms with Gasteiger partial charge in [0.1, 0.15) is 5.75 Å². The van der Waals surface area contributed by atoms with Gasteiger partial charge in [0.15, 0.2) is 0 Å². The van der Waals surface area contributed by atoms with Gasteiger partial charge in [0, 0.05) is 31.2 Å². The Labute approximate surface area is 180 Å². The van der Waals surface area contributed by atoms with Gasteiger partial charge >= 0.3 is 0 Å². The number of aryl methyl sites for hydroxylation is 1. The molecule has 1 N–H and O–H groups in total. The molecule has 1 aliphatic rings. The summed E-state index contributed by atoms with van der Waals surface area (Å²) in [6.45, 7) is 10.4. The average Bonchev–Trinajstić information content (AvgIpc) is 2.74. The van der Waals surface area contributed by atoms with Crippen LogP contribution in [0.5, 0.6) is 5.75 Å². The number of carbonyl (C=O) groups is 1. The molecule has 1 atom stereocenters. The normalized spacial score (nSPS) is 15.7. The molecule has 0 aromatic heterocycles. The van der Waals surface area contributed by atoms with E-state index >= 15 is 0 Å². The molecule has 0 aliphatic carbocycles. The summed E-state index contributed by atoms with van der Waals surface area (Å²) in [6, 6.07) is 16.3. The van der Waals surface area contributed by atoms with Crippen molar-refractivity contribution >= 4 is 5.91 Å². The van der Waals surface area contributed by atoms with Crippen molar-refractivity contribution in [3.8, 4) is 5.75 Å². The van der Waals surface area contributed by atoms with Crippen molar-refractivity contribution in [1.29, 1.82) is 0 Å². The predicted octanol–water partition coefficient (Wildman–Crippen LogP) is 4.06. The van der Waals surface area contributed by atoms with Gasteiger partial charge in [-0.15, -0.1) is 0 Å². The highest BCUT2D eigenvalue weighted by Gasteiger charge is 2.13. The summed E-state index contributed by atoms with van der Waals surface area (Å²) in [7, 11) is 0. The third-order valence-electron chi connectivity index (χ3n) is 5.24. The van der Waals surface area contributed by atoms with Crippen LogP contribution in [0, 0.1) is 0 Å². The molecule has 0 bridgehead atoms. The SMILES string of the molecule is CC(CCc1ccc(OC(C)C)cc1)NC(=O)c1cccc(CN2CCOCC2)c1. The quantitative estimate of drug-likeness (QED) is 0.677. The highest BCUT2D eigenvalue weighted by atomic mass is 16.5. The van der Waals surface area contributed by atoms with Gasteiger partial charge in [-0.3, -0.25) is 9.69 Å². The fourth-order valence-corrected chi connectivity index (χ4v) is 3.60. The lowest BCUT2D eigenvalue weighted by Gasteiger charge is -2.26. The molecule has 1 unspecified atom stereocenters. The first-order valence-corrected chi connectivity index (χ1v) is 10.9. The Morgan fingerprint density at radius 2 is 1.80 bits per heavy atom. The number of hydrogen-bond acceptors (Lipinski definition) is 4. The van der Waals surface area contributed by atoms with Gasteiger partial charge in [0.25, 0.3) is 5.91 Å². The molecule has 5 nitrogen and oxygen atoms in total. The van der Waals surface area contributed by atoms with Crippen LogP contribution in [-0.2, 0) is 17.7 Å². The fraction of sp³-hybridized carbons (Fsp3) is 0.480. The molecule has 1 fully saturated rings. The number of ether oxygens (including phenoxy) is 2. The molecule has 2 aromatic carbocycles. The first-order chi connectivity index (χ1) is 14.5. The lowest BCUT2D eigenvalue weighted by molar-refractivity contribution is 0.0342. The molecule has 1 saturated heterocycles. The van der Waals surface area contributed by atoms with Crippen molar-refractivity contribution in [2.24, 2.45) is 0 Å². The summed E-state index contributed by atoms with van der Waals surface area (Å²) in [4.78, 5) is 15.1. The smallest absolute Gasteiger partial charge is 0.251 e. The van der Waals surface area contributed by atoms with E-state index in [4.69, 9.17) is 9.47 Å². The summed E-state index contributed by atoms with van der Waals surface area (Å²) >= 11 is 0. The van der Waals surface area contributed by atoms with Crippen molar-refractivity contribution in [2.45, 2.75) is 52.3 Å². The minimum absolute atomic E-state index is 0.00740. The lowest BCUT2D eigenvalue weighted by atomic mass is 10.0. The van der Waals surface area contributed by atoms with Crippen LogP contribution in [0.15, 0.2) is 48.5 Å². The molecule has 0 spiro atoms. The van der Waals surface area contributed by atoms with Gasteiger partial charge in [-0.1, -0.05) is 24.3 Å². The second-order valence-electron chi connectivity index (χ2n) is 8.31. The molecule has 30 heavy (non-hydrogen) atoms. The van der Waals surface area contributed by atoms with Crippen LogP contribution in [0.3, 0.4) is 0 Å². The number of carbonyl (C=O) groups excluding carboxylic acids is 1. The summed E-state index contributed by atoms with van der Waals surface area (Å²) in [5, 5.41) is 3.14. The lowest BCUT2D eigenvalue weighted by Crippen LogP contribution is -2.36. The second kappa shape index (κ2) is 11.1. The standard InChI is InChI=1S/C25H34N2O3/c1-19(2)30-24-11-9-21(10-12-24)8-7-20(3)26-25(28)23-6-4-5-22(17-23)18-27-13-15-29-16-14-27/h4-6,9-12,17,19-20H,7-8,13-16,18H2,1-3H3,(H,26,28). The highest BCUT2D eigenvalue weighted by molar-refractivity contribution is 5.94. The molecular weight excluding hydrogens is 376 g/mol. The zero-order valence-electron chi connectivity index (χ0n) is 18.4. The number of benzene rings is 2. The molecular formula is C25H34N2O3. The Hall–Kier alpha value is -2.37. The Morgan fingerprint density at radius 1 is 1.07 bits per heavy atom. The van der Waals surface area contributed by atoms with E-state index in [1.807, 2.05) is 44.2 Å². The number of morpholine rings is 1. The van der Waals surface area contributed by atoms with E-state index in [9.17, 15) is 4.79 Å². The zero-order chi connectivity index (χ0) is 21.3. The minimum atomic E-state index is -0.00740. The molecule has 1 heterocycles. The molecule has 3 rings (SSSR count). The number of rotatable bonds is 9. The minimum Gasteiger partial charge on any atom is -0.491 e. The molecule has 0 radical (unpaired) electrons. The second-order valence-corrected chi connectivity index (χ2v) is 8.31. The van der Waals surface area contributed by atoms with Gasteiger partial charge in [-0.05, 0) is 69.0 Å².